The first-order valence-electron chi connectivity index (χ1n) is 21.1. The van der Waals surface area contributed by atoms with Gasteiger partial charge in [-0.1, -0.05) is 146 Å². The van der Waals surface area contributed by atoms with E-state index in [1.165, 1.54) is 21.8 Å². The minimum Gasteiger partial charge on any atom is -0.337 e. The minimum absolute atomic E-state index is 0.578. The molecule has 0 saturated heterocycles. The van der Waals surface area contributed by atoms with Crippen molar-refractivity contribution in [1.29, 1.82) is 0 Å². The third kappa shape index (κ3) is 6.99. The van der Waals surface area contributed by atoms with Gasteiger partial charge in [0.1, 0.15) is 5.69 Å². The Hall–Kier alpha value is -8.48. The van der Waals surface area contributed by atoms with Crippen molar-refractivity contribution in [2.24, 2.45) is 0 Å². The monoisotopic (exact) mass is 808 g/mol. The first-order chi connectivity index (χ1) is 31.2. The Labute approximate surface area is 366 Å². The summed E-state index contributed by atoms with van der Waals surface area (Å²) >= 11 is 0. The van der Waals surface area contributed by atoms with E-state index in [-0.39, 0.29) is 0 Å². The highest BCUT2D eigenvalue weighted by molar-refractivity contribution is 6.09. The molecule has 63 heavy (non-hydrogen) atoms. The average molecular weight is 809 g/mol. The second-order valence-electron chi connectivity index (χ2n) is 15.5. The fourth-order valence-electron chi connectivity index (χ4n) is 8.73. The Morgan fingerprint density at radius 1 is 0.460 bits per heavy atom. The maximum Gasteiger partial charge on any atom is 0.162 e. The van der Waals surface area contributed by atoms with Crippen molar-refractivity contribution in [2.45, 2.75) is 0 Å². The van der Waals surface area contributed by atoms with Crippen LogP contribution in [0.4, 0.5) is 11.4 Å². The molecule has 6 heteroatoms. The van der Waals surface area contributed by atoms with E-state index >= 15 is 0 Å². The first-order valence-corrected chi connectivity index (χ1v) is 21.1. The molecule has 0 N–H and O–H groups in total. The lowest BCUT2D eigenvalue weighted by molar-refractivity contribution is 1.08. The average Bonchev–Trinajstić information content (AvgIpc) is 3.73. The van der Waals surface area contributed by atoms with E-state index in [0.717, 1.165) is 73.1 Å². The minimum atomic E-state index is 0.578. The molecule has 1 aliphatic rings. The van der Waals surface area contributed by atoms with Gasteiger partial charge in [-0.15, -0.1) is 0 Å². The van der Waals surface area contributed by atoms with E-state index in [1.807, 2.05) is 67.0 Å². The molecule has 10 aromatic rings. The van der Waals surface area contributed by atoms with Gasteiger partial charge in [0.2, 0.25) is 0 Å². The Kier molecular flexibility index (Phi) is 9.63. The van der Waals surface area contributed by atoms with Crippen molar-refractivity contribution in [1.82, 2.24) is 24.5 Å². The number of pyridine rings is 2. The van der Waals surface area contributed by atoms with Crippen LogP contribution in [0.15, 0.2) is 225 Å². The van der Waals surface area contributed by atoms with Crippen LogP contribution >= 0.6 is 0 Å². The summed E-state index contributed by atoms with van der Waals surface area (Å²) in [5.41, 5.74) is 15.4. The van der Waals surface area contributed by atoms with Gasteiger partial charge in [0.25, 0.3) is 0 Å². The second-order valence-corrected chi connectivity index (χ2v) is 15.5. The lowest BCUT2D eigenvalue weighted by atomic mass is 9.94. The van der Waals surface area contributed by atoms with Crippen molar-refractivity contribution < 1.29 is 0 Å². The molecular weight excluding hydrogens is 769 g/mol. The van der Waals surface area contributed by atoms with Gasteiger partial charge in [0, 0.05) is 74.6 Å². The topological polar surface area (TPSA) is 59.7 Å². The molecule has 1 aliphatic heterocycles. The van der Waals surface area contributed by atoms with Crippen LogP contribution in [-0.4, -0.2) is 31.0 Å². The van der Waals surface area contributed by atoms with Crippen molar-refractivity contribution in [3.05, 3.63) is 231 Å². The van der Waals surface area contributed by atoms with Gasteiger partial charge in [-0.3, -0.25) is 9.97 Å². The molecule has 0 unspecified atom stereocenters. The molecule has 0 saturated carbocycles. The Morgan fingerprint density at radius 2 is 1.06 bits per heavy atom. The zero-order chi connectivity index (χ0) is 42.1. The van der Waals surface area contributed by atoms with Gasteiger partial charge in [0.05, 0.1) is 28.1 Å². The van der Waals surface area contributed by atoms with Crippen LogP contribution in [0.5, 0.6) is 0 Å². The largest absolute Gasteiger partial charge is 0.337 e. The van der Waals surface area contributed by atoms with Crippen LogP contribution in [0.3, 0.4) is 0 Å². The molecule has 4 aromatic heterocycles. The number of anilines is 2. The molecule has 0 amide bonds. The molecule has 6 aromatic carbocycles. The Morgan fingerprint density at radius 3 is 1.75 bits per heavy atom. The SMILES string of the molecule is C=C1/C=C\C=C/CN(c2cccc(-n3c4ccccc4c4ccccc43)c2)c2ccc(-c3cccnc3-c3ncccc3-c3nc(-c4ccccc4)cc(-c4ccccc4)n3)cc21. The Bertz CT molecular complexity index is 3290. The highest BCUT2D eigenvalue weighted by Crippen LogP contribution is 2.41. The fraction of sp³-hybridized carbons (Fsp3) is 0.0175. The molecule has 0 spiro atoms. The highest BCUT2D eigenvalue weighted by Gasteiger charge is 2.22. The summed E-state index contributed by atoms with van der Waals surface area (Å²) in [6, 6.07) is 63.3. The van der Waals surface area contributed by atoms with Crippen molar-refractivity contribution in [3.8, 4) is 62.1 Å². The Balaban J connectivity index is 1.02. The van der Waals surface area contributed by atoms with Crippen LogP contribution in [0.25, 0.3) is 89.5 Å². The van der Waals surface area contributed by atoms with Gasteiger partial charge in [-0.25, -0.2) is 9.97 Å². The molecule has 298 valence electrons. The number of hydrogen-bond donors (Lipinski definition) is 0. The zero-order valence-corrected chi connectivity index (χ0v) is 34.4. The summed E-state index contributed by atoms with van der Waals surface area (Å²) in [6.07, 6.45) is 12.1. The summed E-state index contributed by atoms with van der Waals surface area (Å²) in [5, 5.41) is 2.48. The fourth-order valence-corrected chi connectivity index (χ4v) is 8.73. The summed E-state index contributed by atoms with van der Waals surface area (Å²) < 4.78 is 2.37. The first kappa shape index (κ1) is 37.5. The normalized spacial score (nSPS) is 13.6. The molecule has 0 atom stereocenters. The van der Waals surface area contributed by atoms with E-state index in [4.69, 9.17) is 19.9 Å². The van der Waals surface area contributed by atoms with Crippen LogP contribution in [-0.2, 0) is 0 Å². The predicted octanol–water partition coefficient (Wildman–Crippen LogP) is 14.0. The standard InChI is InChI=1S/C57H40N6/c1-39-18-5-4-14-35-62(43-23-15-24-44(37-43)63-53-29-12-10-25-46(53)47-26-11-13-30-54(47)63)52-32-31-42(36-49(39)52)45-27-16-33-58-55(45)56-48(28-17-34-59-56)57-60-50(40-19-6-2-7-20-40)38-51(61-57)41-21-8-3-9-22-41/h2-34,36-38H,1,35H2/b14-4-,18-5-. The maximum atomic E-state index is 5.16. The number of nitrogens with zero attached hydrogens (tertiary/aromatic N) is 6. The van der Waals surface area contributed by atoms with Crippen molar-refractivity contribution in [2.75, 3.05) is 11.4 Å². The maximum absolute atomic E-state index is 5.16. The lowest BCUT2D eigenvalue weighted by Crippen LogP contribution is -2.18. The molecule has 0 bridgehead atoms. The van der Waals surface area contributed by atoms with Gasteiger partial charge < -0.3 is 9.47 Å². The number of aromatic nitrogens is 5. The molecule has 0 aliphatic carbocycles. The molecule has 11 rings (SSSR count). The van der Waals surface area contributed by atoms with Gasteiger partial charge in [-0.05, 0) is 77.9 Å². The number of allylic oxidation sites excluding steroid dienone is 4. The van der Waals surface area contributed by atoms with Crippen LogP contribution < -0.4 is 4.90 Å². The highest BCUT2D eigenvalue weighted by atomic mass is 15.1. The summed E-state index contributed by atoms with van der Waals surface area (Å²) in [6.45, 7) is 5.26. The number of hydrogen-bond acceptors (Lipinski definition) is 5. The van der Waals surface area contributed by atoms with Crippen LogP contribution in [0, 0.1) is 0 Å². The van der Waals surface area contributed by atoms with Gasteiger partial charge in [0.15, 0.2) is 5.82 Å². The third-order valence-corrected chi connectivity index (χ3v) is 11.7. The van der Waals surface area contributed by atoms with Crippen LogP contribution in [0.1, 0.15) is 5.56 Å². The molecular formula is C57H40N6. The summed E-state index contributed by atoms with van der Waals surface area (Å²) in [4.78, 5) is 22.7. The second kappa shape index (κ2) is 16.2. The van der Waals surface area contributed by atoms with E-state index in [9.17, 15) is 0 Å². The number of benzene rings is 6. The molecule has 0 radical (unpaired) electrons. The number of para-hydroxylation sites is 2. The lowest BCUT2D eigenvalue weighted by Gasteiger charge is -2.27. The zero-order valence-electron chi connectivity index (χ0n) is 34.4. The quantitative estimate of drug-likeness (QED) is 0.160. The van der Waals surface area contributed by atoms with E-state index in [0.29, 0.717) is 18.1 Å². The number of rotatable bonds is 7. The van der Waals surface area contributed by atoms with Gasteiger partial charge >= 0.3 is 0 Å². The van der Waals surface area contributed by atoms with Crippen molar-refractivity contribution >= 4 is 38.8 Å². The van der Waals surface area contributed by atoms with Crippen molar-refractivity contribution in [3.63, 3.8) is 0 Å². The molecule has 6 nitrogen and oxygen atoms in total. The number of fused-ring (bicyclic) bond motifs is 4. The van der Waals surface area contributed by atoms with E-state index in [1.54, 1.807) is 0 Å². The smallest absolute Gasteiger partial charge is 0.162 e. The van der Waals surface area contributed by atoms with E-state index in [2.05, 4.69) is 168 Å². The van der Waals surface area contributed by atoms with E-state index < -0.39 is 0 Å². The van der Waals surface area contributed by atoms with Crippen LogP contribution in [0.2, 0.25) is 0 Å². The predicted molar refractivity (Wildman–Crippen MR) is 260 cm³/mol. The van der Waals surface area contributed by atoms with Gasteiger partial charge in [-0.2, -0.15) is 0 Å². The summed E-state index contributed by atoms with van der Waals surface area (Å²) in [7, 11) is 0. The summed E-state index contributed by atoms with van der Waals surface area (Å²) in [5.74, 6) is 0.578. The molecule has 5 heterocycles. The third-order valence-electron chi connectivity index (χ3n) is 11.7. The molecule has 0 fully saturated rings.